The van der Waals surface area contributed by atoms with Crippen molar-refractivity contribution in [3.05, 3.63) is 0 Å². The van der Waals surface area contributed by atoms with Gasteiger partial charge in [-0.25, -0.2) is 0 Å². The minimum Gasteiger partial charge on any atom is -0.394 e. The van der Waals surface area contributed by atoms with Crippen LogP contribution in [-0.4, -0.2) is 173 Å². The van der Waals surface area contributed by atoms with Gasteiger partial charge in [0, 0.05) is 0 Å². The van der Waals surface area contributed by atoms with E-state index in [1.807, 2.05) is 0 Å². The summed E-state index contributed by atoms with van der Waals surface area (Å²) in [5.74, 6) is -3.17. The van der Waals surface area contributed by atoms with Gasteiger partial charge in [-0.15, -0.1) is 0 Å². The van der Waals surface area contributed by atoms with Crippen molar-refractivity contribution in [1.29, 1.82) is 0 Å². The second-order valence-electron chi connectivity index (χ2n) is 8.59. The van der Waals surface area contributed by atoms with E-state index in [2.05, 4.69) is 0 Å². The quantitative estimate of drug-likeness (QED) is 0.153. The van der Waals surface area contributed by atoms with E-state index in [0.29, 0.717) is 0 Å². The van der Waals surface area contributed by atoms with Crippen LogP contribution in [0.1, 0.15) is 0 Å². The van der Waals surface area contributed by atoms with Gasteiger partial charge in [-0.2, -0.15) is 0 Å². The Kier molecular flexibility index (Phi) is 8.53. The molecule has 34 heavy (non-hydrogen) atoms. The van der Waals surface area contributed by atoms with Crippen molar-refractivity contribution in [2.75, 3.05) is 26.4 Å². The van der Waals surface area contributed by atoms with Gasteiger partial charge in [0.25, 0.3) is 0 Å². The molecule has 3 fully saturated rings. The normalized spacial score (nSPS) is 54.4. The first kappa shape index (κ1) is 27.9. The smallest absolute Gasteiger partial charge is 0.230 e. The van der Waals surface area contributed by atoms with Gasteiger partial charge in [-0.1, -0.05) is 0 Å². The molecule has 0 aromatic rings. The maximum absolute atomic E-state index is 11.2. The van der Waals surface area contributed by atoms with E-state index in [9.17, 15) is 61.3 Å². The highest BCUT2D eigenvalue weighted by Crippen LogP contribution is 2.46. The van der Waals surface area contributed by atoms with E-state index in [4.69, 9.17) is 18.9 Å². The van der Waals surface area contributed by atoms with Crippen molar-refractivity contribution in [2.24, 2.45) is 0 Å². The molecule has 2 unspecified atom stereocenters. The molecule has 0 aliphatic carbocycles. The molecule has 3 heterocycles. The molecule has 0 aromatic heterocycles. The van der Waals surface area contributed by atoms with Crippen molar-refractivity contribution in [2.45, 2.75) is 84.8 Å². The molecule has 3 aliphatic rings. The van der Waals surface area contributed by atoms with Gasteiger partial charge in [0.1, 0.15) is 67.1 Å². The van der Waals surface area contributed by atoms with Gasteiger partial charge in [0.15, 0.2) is 11.9 Å². The van der Waals surface area contributed by atoms with Crippen LogP contribution in [0.4, 0.5) is 0 Å². The van der Waals surface area contributed by atoms with Crippen molar-refractivity contribution in [3.8, 4) is 0 Å². The zero-order valence-electron chi connectivity index (χ0n) is 17.8. The first-order chi connectivity index (χ1) is 15.9. The SMILES string of the molecule is OC[C@H]1O[C@@H](O[C@H]2[C@H](O)[C@@H](O)C(O)(C3(CO)O[C@H](CO)[C@@H](O)[C@@H]3O)O[C@@H]2CO)[C@H](O)[C@@H](O)[C@H]1O. The highest BCUT2D eigenvalue weighted by molar-refractivity contribution is 5.15. The van der Waals surface area contributed by atoms with Gasteiger partial charge in [-0.3, -0.25) is 0 Å². The summed E-state index contributed by atoms with van der Waals surface area (Å²) >= 11 is 0. The molecule has 3 rings (SSSR count). The van der Waals surface area contributed by atoms with Crippen LogP contribution in [0.25, 0.3) is 0 Å². The Bertz CT molecular complexity index is 680. The van der Waals surface area contributed by atoms with Crippen molar-refractivity contribution in [3.63, 3.8) is 0 Å². The molecule has 3 aliphatic heterocycles. The maximum Gasteiger partial charge on any atom is 0.230 e. The lowest BCUT2D eigenvalue weighted by molar-refractivity contribution is -0.428. The summed E-state index contributed by atoms with van der Waals surface area (Å²) in [6.07, 6.45) is -22.3. The van der Waals surface area contributed by atoms with Crippen LogP contribution >= 0.6 is 0 Å². The second kappa shape index (κ2) is 10.4. The zero-order valence-corrected chi connectivity index (χ0v) is 17.8. The third-order valence-corrected chi connectivity index (χ3v) is 6.64. The monoisotopic (exact) mass is 504 g/mol. The van der Waals surface area contributed by atoms with Gasteiger partial charge >= 0.3 is 0 Å². The summed E-state index contributed by atoms with van der Waals surface area (Å²) in [5, 5.41) is 122. The van der Waals surface area contributed by atoms with Crippen LogP contribution in [-0.2, 0) is 18.9 Å². The number of rotatable bonds is 7. The fraction of sp³-hybridized carbons (Fsp3) is 1.00. The maximum atomic E-state index is 11.2. The molecule has 0 saturated carbocycles. The van der Waals surface area contributed by atoms with E-state index < -0.39 is 111 Å². The largest absolute Gasteiger partial charge is 0.394 e. The first-order valence-corrected chi connectivity index (χ1v) is 10.5. The standard InChI is InChI=1S/C18H32O16/c19-1-5-8(23)10(25)11(26)16(31-5)32-13-7(3-21)34-18(30,15(29)12(13)27)17(4-22)14(28)9(24)6(2-20)33-17/h5-16,19-30H,1-4H2/t5-,6-,7-,8+,9-,10+,11-,12+,13-,14+,15-,16+,17?,18?/m1/s1. The Morgan fingerprint density at radius 1 is 0.618 bits per heavy atom. The Balaban J connectivity index is 1.88. The van der Waals surface area contributed by atoms with Crippen molar-refractivity contribution < 1.29 is 80.2 Å². The fourth-order valence-corrected chi connectivity index (χ4v) is 4.57. The Labute approximate surface area is 192 Å². The molecule has 0 radical (unpaired) electrons. The summed E-state index contributed by atoms with van der Waals surface area (Å²) in [7, 11) is 0. The number of hydrogen-bond donors (Lipinski definition) is 12. The third kappa shape index (κ3) is 4.16. The molecule has 14 atom stereocenters. The van der Waals surface area contributed by atoms with Crippen LogP contribution < -0.4 is 0 Å². The van der Waals surface area contributed by atoms with E-state index >= 15 is 0 Å². The van der Waals surface area contributed by atoms with E-state index in [1.165, 1.54) is 0 Å². The average Bonchev–Trinajstić information content (AvgIpc) is 3.09. The number of aliphatic hydroxyl groups excluding tert-OH is 11. The molecule has 0 amide bonds. The topological polar surface area (TPSA) is 280 Å². The lowest BCUT2D eigenvalue weighted by Gasteiger charge is -2.54. The van der Waals surface area contributed by atoms with Crippen molar-refractivity contribution in [1.82, 2.24) is 0 Å². The van der Waals surface area contributed by atoms with Gasteiger partial charge < -0.3 is 80.2 Å². The molecule has 200 valence electrons. The Morgan fingerprint density at radius 3 is 1.71 bits per heavy atom. The van der Waals surface area contributed by atoms with Crippen LogP contribution in [0.3, 0.4) is 0 Å². The van der Waals surface area contributed by atoms with Crippen LogP contribution in [0.2, 0.25) is 0 Å². The summed E-state index contributed by atoms with van der Waals surface area (Å²) in [4.78, 5) is 0. The summed E-state index contributed by atoms with van der Waals surface area (Å²) in [6.45, 7) is -3.94. The van der Waals surface area contributed by atoms with Crippen LogP contribution in [0.15, 0.2) is 0 Å². The Morgan fingerprint density at radius 2 is 1.21 bits per heavy atom. The minimum atomic E-state index is -3.17. The lowest BCUT2D eigenvalue weighted by atomic mass is 9.78. The van der Waals surface area contributed by atoms with Gasteiger partial charge in [0.05, 0.1) is 26.4 Å². The number of aliphatic hydroxyl groups is 12. The Hall–Kier alpha value is -0.640. The van der Waals surface area contributed by atoms with E-state index in [-0.39, 0.29) is 0 Å². The highest BCUT2D eigenvalue weighted by atomic mass is 16.7. The minimum absolute atomic E-state index is 0.789. The van der Waals surface area contributed by atoms with Gasteiger partial charge in [0.2, 0.25) is 5.79 Å². The average molecular weight is 504 g/mol. The van der Waals surface area contributed by atoms with E-state index in [1.54, 1.807) is 0 Å². The number of hydrogen-bond acceptors (Lipinski definition) is 16. The molecule has 16 heteroatoms. The highest BCUT2D eigenvalue weighted by Gasteiger charge is 2.72. The molecule has 12 N–H and O–H groups in total. The summed E-state index contributed by atoms with van der Waals surface area (Å²) < 4.78 is 21.1. The predicted molar refractivity (Wildman–Crippen MR) is 101 cm³/mol. The summed E-state index contributed by atoms with van der Waals surface area (Å²) in [6, 6.07) is 0. The number of ether oxygens (including phenoxy) is 4. The molecule has 3 saturated heterocycles. The molecule has 0 bridgehead atoms. The summed E-state index contributed by atoms with van der Waals surface area (Å²) in [5.41, 5.74) is -2.69. The van der Waals surface area contributed by atoms with Crippen LogP contribution in [0, 0.1) is 0 Å². The predicted octanol–water partition coefficient (Wildman–Crippen LogP) is -8.18. The zero-order chi connectivity index (χ0) is 25.6. The van der Waals surface area contributed by atoms with Crippen LogP contribution in [0.5, 0.6) is 0 Å². The second-order valence-corrected chi connectivity index (χ2v) is 8.59. The lowest BCUT2D eigenvalue weighted by Crippen LogP contribution is -2.77. The van der Waals surface area contributed by atoms with E-state index in [0.717, 1.165) is 0 Å². The molecule has 16 nitrogen and oxygen atoms in total. The van der Waals surface area contributed by atoms with Gasteiger partial charge in [-0.05, 0) is 0 Å². The van der Waals surface area contributed by atoms with Crippen molar-refractivity contribution >= 4 is 0 Å². The molecular weight excluding hydrogens is 472 g/mol. The molecule has 0 spiro atoms. The fourth-order valence-electron chi connectivity index (χ4n) is 4.57. The third-order valence-electron chi connectivity index (χ3n) is 6.64. The first-order valence-electron chi connectivity index (χ1n) is 10.5. The molecule has 0 aromatic carbocycles. The molecular formula is C18H32O16.